The first-order valence-electron chi connectivity index (χ1n) is 8.91. The van der Waals surface area contributed by atoms with Crippen molar-refractivity contribution in [1.29, 1.82) is 0 Å². The number of hydrogen-bond donors (Lipinski definition) is 0. The van der Waals surface area contributed by atoms with Crippen LogP contribution in [0.4, 0.5) is 0 Å². The molecule has 1 unspecified atom stereocenters. The Morgan fingerprint density at radius 2 is 1.88 bits per heavy atom. The van der Waals surface area contributed by atoms with Crippen molar-refractivity contribution >= 4 is 5.91 Å². The van der Waals surface area contributed by atoms with Gasteiger partial charge < -0.3 is 9.42 Å². The summed E-state index contributed by atoms with van der Waals surface area (Å²) in [5.74, 6) is 0.800. The maximum atomic E-state index is 13.0. The van der Waals surface area contributed by atoms with E-state index in [1.165, 1.54) is 0 Å². The van der Waals surface area contributed by atoms with E-state index in [1.807, 2.05) is 66.8 Å². The molecule has 1 aliphatic rings. The van der Waals surface area contributed by atoms with Crippen molar-refractivity contribution in [3.63, 3.8) is 0 Å². The summed E-state index contributed by atoms with van der Waals surface area (Å²) in [6.45, 7) is 6.63. The van der Waals surface area contributed by atoms with Crippen molar-refractivity contribution in [3.05, 3.63) is 64.8 Å². The number of carbonyl (C=O) groups is 1. The van der Waals surface area contributed by atoms with Gasteiger partial charge in [-0.2, -0.15) is 5.10 Å². The normalized spacial score (nSPS) is 17.0. The molecule has 3 aromatic rings. The molecule has 6 heteroatoms. The van der Waals surface area contributed by atoms with Crippen LogP contribution >= 0.6 is 0 Å². The Bertz CT molecular complexity index is 939. The lowest BCUT2D eigenvalue weighted by Crippen LogP contribution is -2.30. The minimum Gasteiger partial charge on any atom is -0.359 e. The lowest BCUT2D eigenvalue weighted by molar-refractivity contribution is 0.0714. The van der Waals surface area contributed by atoms with Gasteiger partial charge in [-0.3, -0.25) is 4.79 Å². The fraction of sp³-hybridized carbons (Fsp3) is 0.350. The molecule has 0 aliphatic carbocycles. The largest absolute Gasteiger partial charge is 0.359 e. The standard InChI is InChI=1S/C20H22N4O2/c1-13-11-15(3)24(21-13)17-8-6-16(7-9-17)20(25)23-10-4-5-18(23)19-12-14(2)22-26-19/h6-9,11-12,18H,4-5,10H2,1-3H3. The molecule has 1 saturated heterocycles. The maximum absolute atomic E-state index is 13.0. The van der Waals surface area contributed by atoms with Crippen LogP contribution in [-0.4, -0.2) is 32.3 Å². The molecule has 0 N–H and O–H groups in total. The average Bonchev–Trinajstić information content (AvgIpc) is 3.34. The Labute approximate surface area is 152 Å². The molecule has 0 radical (unpaired) electrons. The molecule has 3 heterocycles. The van der Waals surface area contributed by atoms with E-state index in [-0.39, 0.29) is 11.9 Å². The lowest BCUT2D eigenvalue weighted by atomic mass is 10.1. The van der Waals surface area contributed by atoms with Gasteiger partial charge in [-0.1, -0.05) is 5.16 Å². The van der Waals surface area contributed by atoms with Gasteiger partial charge in [0.25, 0.3) is 5.91 Å². The van der Waals surface area contributed by atoms with Gasteiger partial charge in [-0.15, -0.1) is 0 Å². The molecule has 1 aliphatic heterocycles. The van der Waals surface area contributed by atoms with Crippen LogP contribution < -0.4 is 0 Å². The van der Waals surface area contributed by atoms with E-state index in [4.69, 9.17) is 4.52 Å². The van der Waals surface area contributed by atoms with Crippen LogP contribution in [0.1, 0.15) is 52.1 Å². The van der Waals surface area contributed by atoms with E-state index in [2.05, 4.69) is 10.3 Å². The Kier molecular flexibility index (Phi) is 4.11. The molecule has 1 atom stereocenters. The molecule has 0 bridgehead atoms. The predicted octanol–water partition coefficient (Wildman–Crippen LogP) is 3.76. The van der Waals surface area contributed by atoms with Crippen LogP contribution in [0, 0.1) is 20.8 Å². The third-order valence-electron chi connectivity index (χ3n) is 4.86. The molecular formula is C20H22N4O2. The van der Waals surface area contributed by atoms with Gasteiger partial charge in [0.1, 0.15) is 0 Å². The van der Waals surface area contributed by atoms with Crippen molar-refractivity contribution in [2.45, 2.75) is 39.7 Å². The van der Waals surface area contributed by atoms with Crippen LogP contribution in [0.2, 0.25) is 0 Å². The zero-order valence-corrected chi connectivity index (χ0v) is 15.3. The number of hydrogen-bond acceptors (Lipinski definition) is 4. The predicted molar refractivity (Wildman–Crippen MR) is 97.3 cm³/mol. The van der Waals surface area contributed by atoms with Gasteiger partial charge in [0.05, 0.1) is 23.1 Å². The van der Waals surface area contributed by atoms with Gasteiger partial charge in [0.15, 0.2) is 5.76 Å². The Balaban J connectivity index is 1.57. The molecule has 1 fully saturated rings. The summed E-state index contributed by atoms with van der Waals surface area (Å²) in [6.07, 6.45) is 1.88. The molecule has 134 valence electrons. The minimum atomic E-state index is -0.0283. The molecule has 6 nitrogen and oxygen atoms in total. The molecule has 1 amide bonds. The van der Waals surface area contributed by atoms with E-state index >= 15 is 0 Å². The summed E-state index contributed by atoms with van der Waals surface area (Å²) in [5, 5.41) is 8.45. The van der Waals surface area contributed by atoms with Gasteiger partial charge in [-0.25, -0.2) is 4.68 Å². The summed E-state index contributed by atoms with van der Waals surface area (Å²) < 4.78 is 7.29. The van der Waals surface area contributed by atoms with Crippen molar-refractivity contribution in [2.24, 2.45) is 0 Å². The van der Waals surface area contributed by atoms with Crippen LogP contribution in [0.3, 0.4) is 0 Å². The molecule has 2 aromatic heterocycles. The van der Waals surface area contributed by atoms with Crippen LogP contribution in [0.5, 0.6) is 0 Å². The average molecular weight is 350 g/mol. The Hall–Kier alpha value is -2.89. The summed E-state index contributed by atoms with van der Waals surface area (Å²) >= 11 is 0. The highest BCUT2D eigenvalue weighted by molar-refractivity contribution is 5.94. The smallest absolute Gasteiger partial charge is 0.254 e. The highest BCUT2D eigenvalue weighted by atomic mass is 16.5. The molecule has 4 rings (SSSR count). The van der Waals surface area contributed by atoms with Gasteiger partial charge in [-0.05, 0) is 63.9 Å². The second-order valence-corrected chi connectivity index (χ2v) is 6.91. The molecule has 1 aromatic carbocycles. The lowest BCUT2D eigenvalue weighted by Gasteiger charge is -2.22. The third-order valence-corrected chi connectivity index (χ3v) is 4.86. The van der Waals surface area contributed by atoms with E-state index in [0.29, 0.717) is 5.56 Å². The number of aromatic nitrogens is 3. The quantitative estimate of drug-likeness (QED) is 0.721. The number of carbonyl (C=O) groups excluding carboxylic acids is 1. The topological polar surface area (TPSA) is 64.2 Å². The van der Waals surface area contributed by atoms with Gasteiger partial charge in [0, 0.05) is 23.9 Å². The van der Waals surface area contributed by atoms with Crippen molar-refractivity contribution < 1.29 is 9.32 Å². The van der Waals surface area contributed by atoms with Crippen LogP contribution in [0.25, 0.3) is 5.69 Å². The van der Waals surface area contributed by atoms with E-state index in [1.54, 1.807) is 0 Å². The second kappa shape index (κ2) is 6.44. The first kappa shape index (κ1) is 16.6. The first-order chi connectivity index (χ1) is 12.5. The van der Waals surface area contributed by atoms with Crippen LogP contribution in [-0.2, 0) is 0 Å². The van der Waals surface area contributed by atoms with E-state index in [0.717, 1.165) is 47.9 Å². The fourth-order valence-electron chi connectivity index (χ4n) is 3.65. The number of rotatable bonds is 3. The number of likely N-dealkylation sites (tertiary alicyclic amines) is 1. The molecule has 0 saturated carbocycles. The molecule has 26 heavy (non-hydrogen) atoms. The van der Waals surface area contributed by atoms with Crippen LogP contribution in [0.15, 0.2) is 40.9 Å². The maximum Gasteiger partial charge on any atom is 0.254 e. The zero-order chi connectivity index (χ0) is 18.3. The summed E-state index contributed by atoms with van der Waals surface area (Å²) in [7, 11) is 0. The summed E-state index contributed by atoms with van der Waals surface area (Å²) in [4.78, 5) is 14.9. The number of amides is 1. The minimum absolute atomic E-state index is 0.0283. The molecular weight excluding hydrogens is 328 g/mol. The first-order valence-corrected chi connectivity index (χ1v) is 8.91. The third kappa shape index (κ3) is 2.92. The second-order valence-electron chi connectivity index (χ2n) is 6.91. The Morgan fingerprint density at radius 3 is 2.50 bits per heavy atom. The zero-order valence-electron chi connectivity index (χ0n) is 15.3. The fourth-order valence-corrected chi connectivity index (χ4v) is 3.65. The van der Waals surface area contributed by atoms with Gasteiger partial charge >= 0.3 is 0 Å². The summed E-state index contributed by atoms with van der Waals surface area (Å²) in [6, 6.07) is 11.5. The van der Waals surface area contributed by atoms with Crippen molar-refractivity contribution in [3.8, 4) is 5.69 Å². The SMILES string of the molecule is Cc1cc(C2CCCN2C(=O)c2ccc(-n3nc(C)cc3C)cc2)on1. The van der Waals surface area contributed by atoms with Crippen molar-refractivity contribution in [2.75, 3.05) is 6.54 Å². The number of benzene rings is 1. The van der Waals surface area contributed by atoms with Crippen molar-refractivity contribution in [1.82, 2.24) is 19.8 Å². The monoisotopic (exact) mass is 350 g/mol. The Morgan fingerprint density at radius 1 is 1.12 bits per heavy atom. The van der Waals surface area contributed by atoms with E-state index in [9.17, 15) is 4.79 Å². The van der Waals surface area contributed by atoms with Gasteiger partial charge in [0.2, 0.25) is 0 Å². The molecule has 0 spiro atoms. The number of aryl methyl sites for hydroxylation is 3. The summed E-state index contributed by atoms with van der Waals surface area (Å²) in [5.41, 5.74) is 4.52. The highest BCUT2D eigenvalue weighted by Crippen LogP contribution is 2.33. The number of nitrogens with zero attached hydrogens (tertiary/aromatic N) is 4. The highest BCUT2D eigenvalue weighted by Gasteiger charge is 2.33. The van der Waals surface area contributed by atoms with E-state index < -0.39 is 0 Å².